The van der Waals surface area contributed by atoms with E-state index in [4.69, 9.17) is 5.73 Å². The standard InChI is InChI=1S/C14H23N5/c15-5-6-18-7-9-19(10-8-18)14-12-3-1-2-4-13(12)16-11-17-14/h11H,1-10,15H2. The fourth-order valence-electron chi connectivity index (χ4n) is 3.14. The molecule has 5 nitrogen and oxygen atoms in total. The van der Waals surface area contributed by atoms with Gasteiger partial charge in [-0.15, -0.1) is 0 Å². The summed E-state index contributed by atoms with van der Waals surface area (Å²) in [5, 5.41) is 0. The quantitative estimate of drug-likeness (QED) is 0.855. The van der Waals surface area contributed by atoms with Crippen LogP contribution in [0.1, 0.15) is 24.1 Å². The molecule has 0 unspecified atom stereocenters. The highest BCUT2D eigenvalue weighted by Crippen LogP contribution is 2.27. The first-order valence-electron chi connectivity index (χ1n) is 7.38. The number of anilines is 1. The lowest BCUT2D eigenvalue weighted by Crippen LogP contribution is -2.48. The average Bonchev–Trinajstić information content (AvgIpc) is 2.48. The van der Waals surface area contributed by atoms with Crippen molar-refractivity contribution in [2.45, 2.75) is 25.7 Å². The Kier molecular flexibility index (Phi) is 3.94. The molecule has 19 heavy (non-hydrogen) atoms. The Labute approximate surface area is 114 Å². The normalized spacial score (nSPS) is 20.4. The molecule has 2 aliphatic rings. The Morgan fingerprint density at radius 3 is 2.63 bits per heavy atom. The van der Waals surface area contributed by atoms with Gasteiger partial charge < -0.3 is 10.6 Å². The van der Waals surface area contributed by atoms with E-state index in [1.54, 1.807) is 6.33 Å². The van der Waals surface area contributed by atoms with Crippen molar-refractivity contribution < 1.29 is 0 Å². The zero-order valence-electron chi connectivity index (χ0n) is 11.5. The Morgan fingerprint density at radius 2 is 1.84 bits per heavy atom. The molecule has 3 rings (SSSR count). The lowest BCUT2D eigenvalue weighted by atomic mass is 9.96. The summed E-state index contributed by atoms with van der Waals surface area (Å²) in [6.45, 7) is 6.07. The third kappa shape index (κ3) is 2.72. The van der Waals surface area contributed by atoms with Crippen molar-refractivity contribution in [3.63, 3.8) is 0 Å². The molecule has 0 radical (unpaired) electrons. The van der Waals surface area contributed by atoms with E-state index in [-0.39, 0.29) is 0 Å². The van der Waals surface area contributed by atoms with Crippen LogP contribution in [-0.2, 0) is 12.8 Å². The topological polar surface area (TPSA) is 58.3 Å². The number of aromatic nitrogens is 2. The molecule has 0 aromatic carbocycles. The lowest BCUT2D eigenvalue weighted by Gasteiger charge is -2.36. The first-order valence-corrected chi connectivity index (χ1v) is 7.38. The van der Waals surface area contributed by atoms with E-state index in [0.29, 0.717) is 0 Å². The maximum atomic E-state index is 5.62. The molecule has 1 aliphatic carbocycles. The summed E-state index contributed by atoms with van der Waals surface area (Å²) < 4.78 is 0. The van der Waals surface area contributed by atoms with E-state index >= 15 is 0 Å². The molecular formula is C14H23N5. The minimum atomic E-state index is 0.753. The predicted molar refractivity (Wildman–Crippen MR) is 76.4 cm³/mol. The summed E-state index contributed by atoms with van der Waals surface area (Å²) in [5.74, 6) is 1.19. The molecule has 2 heterocycles. The number of hydrogen-bond acceptors (Lipinski definition) is 5. The van der Waals surface area contributed by atoms with Gasteiger partial charge in [0.15, 0.2) is 0 Å². The largest absolute Gasteiger partial charge is 0.354 e. The molecular weight excluding hydrogens is 238 g/mol. The minimum Gasteiger partial charge on any atom is -0.354 e. The van der Waals surface area contributed by atoms with Crippen LogP contribution in [0.3, 0.4) is 0 Å². The van der Waals surface area contributed by atoms with E-state index in [1.807, 2.05) is 0 Å². The molecule has 1 aliphatic heterocycles. The third-order valence-electron chi connectivity index (χ3n) is 4.22. The van der Waals surface area contributed by atoms with Crippen LogP contribution in [0.4, 0.5) is 5.82 Å². The number of rotatable bonds is 3. The molecule has 104 valence electrons. The summed E-state index contributed by atoms with van der Waals surface area (Å²) in [7, 11) is 0. The molecule has 1 aromatic heterocycles. The number of hydrogen-bond donors (Lipinski definition) is 1. The van der Waals surface area contributed by atoms with Crippen LogP contribution < -0.4 is 10.6 Å². The highest BCUT2D eigenvalue weighted by Gasteiger charge is 2.22. The molecule has 0 spiro atoms. The zero-order valence-corrected chi connectivity index (χ0v) is 11.5. The van der Waals surface area contributed by atoms with Gasteiger partial charge in [-0.3, -0.25) is 4.90 Å². The van der Waals surface area contributed by atoms with E-state index in [9.17, 15) is 0 Å². The SMILES string of the molecule is NCCN1CCN(c2ncnc3c2CCCC3)CC1. The Bertz CT molecular complexity index is 426. The highest BCUT2D eigenvalue weighted by atomic mass is 15.3. The average molecular weight is 261 g/mol. The van der Waals surface area contributed by atoms with Gasteiger partial charge in [0.1, 0.15) is 12.1 Å². The van der Waals surface area contributed by atoms with Crippen molar-refractivity contribution in [1.29, 1.82) is 0 Å². The van der Waals surface area contributed by atoms with Crippen LogP contribution in [0.5, 0.6) is 0 Å². The number of piperazine rings is 1. The van der Waals surface area contributed by atoms with Crippen molar-refractivity contribution >= 4 is 5.82 Å². The van der Waals surface area contributed by atoms with Crippen molar-refractivity contribution in [1.82, 2.24) is 14.9 Å². The molecule has 2 N–H and O–H groups in total. The minimum absolute atomic E-state index is 0.753. The van der Waals surface area contributed by atoms with Crippen molar-refractivity contribution in [3.05, 3.63) is 17.6 Å². The smallest absolute Gasteiger partial charge is 0.135 e. The van der Waals surface area contributed by atoms with Crippen LogP contribution in [0.2, 0.25) is 0 Å². The second-order valence-corrected chi connectivity index (χ2v) is 5.45. The van der Waals surface area contributed by atoms with Gasteiger partial charge in [0.05, 0.1) is 0 Å². The second-order valence-electron chi connectivity index (χ2n) is 5.45. The van der Waals surface area contributed by atoms with Crippen LogP contribution >= 0.6 is 0 Å². The van der Waals surface area contributed by atoms with E-state index < -0.39 is 0 Å². The summed E-state index contributed by atoms with van der Waals surface area (Å²) in [5.41, 5.74) is 8.30. The fraction of sp³-hybridized carbons (Fsp3) is 0.714. The third-order valence-corrected chi connectivity index (χ3v) is 4.22. The molecule has 0 saturated carbocycles. The fourth-order valence-corrected chi connectivity index (χ4v) is 3.14. The molecule has 1 aromatic rings. The van der Waals surface area contributed by atoms with E-state index in [1.165, 1.54) is 29.9 Å². The maximum Gasteiger partial charge on any atom is 0.135 e. The van der Waals surface area contributed by atoms with Crippen molar-refractivity contribution in [3.8, 4) is 0 Å². The number of aryl methyl sites for hydroxylation is 1. The molecule has 0 bridgehead atoms. The van der Waals surface area contributed by atoms with Gasteiger partial charge in [0.25, 0.3) is 0 Å². The van der Waals surface area contributed by atoms with Crippen LogP contribution in [0.15, 0.2) is 6.33 Å². The van der Waals surface area contributed by atoms with Gasteiger partial charge in [0, 0.05) is 50.5 Å². The molecule has 0 amide bonds. The van der Waals surface area contributed by atoms with E-state index in [2.05, 4.69) is 19.8 Å². The monoisotopic (exact) mass is 261 g/mol. The van der Waals surface area contributed by atoms with Crippen molar-refractivity contribution in [2.24, 2.45) is 5.73 Å². The van der Waals surface area contributed by atoms with Gasteiger partial charge >= 0.3 is 0 Å². The Morgan fingerprint density at radius 1 is 1.05 bits per heavy atom. The summed E-state index contributed by atoms with van der Waals surface area (Å²) in [6, 6.07) is 0. The second kappa shape index (κ2) is 5.84. The predicted octanol–water partition coefficient (Wildman–Crippen LogP) is 0.436. The first kappa shape index (κ1) is 12.8. The number of nitrogens with two attached hydrogens (primary N) is 1. The summed E-state index contributed by atoms with van der Waals surface area (Å²) in [4.78, 5) is 13.9. The Hall–Kier alpha value is -1.20. The molecule has 1 saturated heterocycles. The van der Waals surface area contributed by atoms with Crippen molar-refractivity contribution in [2.75, 3.05) is 44.2 Å². The van der Waals surface area contributed by atoms with Crippen LogP contribution in [0.25, 0.3) is 0 Å². The van der Waals surface area contributed by atoms with Crippen LogP contribution in [0, 0.1) is 0 Å². The maximum absolute atomic E-state index is 5.62. The highest BCUT2D eigenvalue weighted by molar-refractivity contribution is 5.50. The summed E-state index contributed by atoms with van der Waals surface area (Å²) >= 11 is 0. The first-order chi connectivity index (χ1) is 9.38. The zero-order chi connectivity index (χ0) is 13.1. The van der Waals surface area contributed by atoms with Gasteiger partial charge in [-0.1, -0.05) is 0 Å². The van der Waals surface area contributed by atoms with E-state index in [0.717, 1.165) is 52.1 Å². The lowest BCUT2D eigenvalue weighted by molar-refractivity contribution is 0.264. The van der Waals surface area contributed by atoms with Gasteiger partial charge in [-0.2, -0.15) is 0 Å². The Balaban J connectivity index is 1.73. The van der Waals surface area contributed by atoms with Gasteiger partial charge in [-0.25, -0.2) is 9.97 Å². The number of fused-ring (bicyclic) bond motifs is 1. The molecule has 1 fully saturated rings. The molecule has 0 atom stereocenters. The van der Waals surface area contributed by atoms with Crippen LogP contribution in [-0.4, -0.2) is 54.1 Å². The van der Waals surface area contributed by atoms with Gasteiger partial charge in [-0.05, 0) is 25.7 Å². The number of nitrogens with zero attached hydrogens (tertiary/aromatic N) is 4. The van der Waals surface area contributed by atoms with Gasteiger partial charge in [0.2, 0.25) is 0 Å². The molecule has 5 heteroatoms. The summed E-state index contributed by atoms with van der Waals surface area (Å²) in [6.07, 6.45) is 6.56.